The molecule has 2 N–H and O–H groups in total. The van der Waals surface area contributed by atoms with Crippen LogP contribution in [0, 0.1) is 11.3 Å². The third-order valence-electron chi connectivity index (χ3n) is 5.34. The van der Waals surface area contributed by atoms with E-state index in [1.807, 2.05) is 0 Å². The summed E-state index contributed by atoms with van der Waals surface area (Å²) in [5.74, 6) is 0.867. The Labute approximate surface area is 134 Å². The van der Waals surface area contributed by atoms with Gasteiger partial charge in [-0.15, -0.1) is 12.4 Å². The minimum atomic E-state index is -0.0165. The van der Waals surface area contributed by atoms with Crippen LogP contribution in [0.25, 0.3) is 0 Å². The van der Waals surface area contributed by atoms with Gasteiger partial charge in [0.2, 0.25) is 5.91 Å². The number of amides is 1. The summed E-state index contributed by atoms with van der Waals surface area (Å²) in [4.78, 5) is 15.0. The van der Waals surface area contributed by atoms with Gasteiger partial charge < -0.3 is 15.5 Å². The van der Waals surface area contributed by atoms with E-state index in [1.165, 1.54) is 38.8 Å². The van der Waals surface area contributed by atoms with Gasteiger partial charge in [-0.25, -0.2) is 0 Å². The zero-order chi connectivity index (χ0) is 14.2. The summed E-state index contributed by atoms with van der Waals surface area (Å²) in [6.07, 6.45) is 6.34. The smallest absolute Gasteiger partial charge is 0.237 e. The summed E-state index contributed by atoms with van der Waals surface area (Å²) in [6.45, 7) is 8.66. The molecule has 2 atom stereocenters. The number of rotatable bonds is 4. The maximum Gasteiger partial charge on any atom is 0.237 e. The zero-order valence-electron chi connectivity index (χ0n) is 13.4. The molecule has 3 fully saturated rings. The van der Waals surface area contributed by atoms with Crippen molar-refractivity contribution in [3.8, 4) is 0 Å². The van der Waals surface area contributed by atoms with Gasteiger partial charge in [-0.1, -0.05) is 13.8 Å². The number of nitrogens with zero attached hydrogens (tertiary/aromatic N) is 1. The van der Waals surface area contributed by atoms with Crippen molar-refractivity contribution < 1.29 is 4.79 Å². The van der Waals surface area contributed by atoms with Gasteiger partial charge in [0.1, 0.15) is 0 Å². The molecule has 0 bridgehead atoms. The molecule has 0 aromatic carbocycles. The lowest BCUT2D eigenvalue weighted by molar-refractivity contribution is -0.126. The summed E-state index contributed by atoms with van der Waals surface area (Å²) in [7, 11) is 0. The van der Waals surface area contributed by atoms with Gasteiger partial charge in [0.15, 0.2) is 0 Å². The number of hydrogen-bond donors (Lipinski definition) is 2. The molecule has 122 valence electrons. The van der Waals surface area contributed by atoms with Crippen molar-refractivity contribution in [3.05, 3.63) is 0 Å². The Balaban J connectivity index is 0.00000161. The Kier molecular flexibility index (Phi) is 5.55. The molecule has 4 nitrogen and oxygen atoms in total. The van der Waals surface area contributed by atoms with E-state index < -0.39 is 0 Å². The fourth-order valence-electron chi connectivity index (χ4n) is 3.81. The van der Waals surface area contributed by atoms with Crippen LogP contribution in [0.2, 0.25) is 0 Å². The number of nitrogens with one attached hydrogen (secondary N) is 2. The van der Waals surface area contributed by atoms with E-state index in [1.54, 1.807) is 0 Å². The Morgan fingerprint density at radius 3 is 2.76 bits per heavy atom. The van der Waals surface area contributed by atoms with Crippen LogP contribution in [0.1, 0.15) is 46.0 Å². The van der Waals surface area contributed by atoms with Crippen molar-refractivity contribution >= 4 is 18.3 Å². The molecule has 5 heteroatoms. The molecular weight excluding hydrogens is 286 g/mol. The molecule has 1 amide bonds. The van der Waals surface area contributed by atoms with E-state index in [-0.39, 0.29) is 29.8 Å². The molecule has 2 saturated heterocycles. The van der Waals surface area contributed by atoms with Crippen LogP contribution in [0.4, 0.5) is 0 Å². The van der Waals surface area contributed by atoms with Crippen LogP contribution in [0.3, 0.4) is 0 Å². The van der Waals surface area contributed by atoms with E-state index in [4.69, 9.17) is 0 Å². The SMILES string of the molecule is CC1(C)CCCNC1C(=O)NCC1CCN(C2CC2)C1.Cl. The number of halogens is 1. The first-order valence-electron chi connectivity index (χ1n) is 8.31. The summed E-state index contributed by atoms with van der Waals surface area (Å²) in [6, 6.07) is 0.854. The largest absolute Gasteiger partial charge is 0.354 e. The minimum Gasteiger partial charge on any atom is -0.354 e. The van der Waals surface area contributed by atoms with E-state index in [0.717, 1.165) is 25.6 Å². The van der Waals surface area contributed by atoms with E-state index in [0.29, 0.717) is 5.92 Å². The van der Waals surface area contributed by atoms with Gasteiger partial charge in [-0.05, 0) is 56.5 Å². The van der Waals surface area contributed by atoms with Crippen LogP contribution < -0.4 is 10.6 Å². The monoisotopic (exact) mass is 315 g/mol. The number of hydrogen-bond acceptors (Lipinski definition) is 3. The highest BCUT2D eigenvalue weighted by molar-refractivity contribution is 5.85. The Hall–Kier alpha value is -0.320. The second-order valence-electron chi connectivity index (χ2n) is 7.61. The predicted octanol–water partition coefficient (Wildman–Crippen LogP) is 1.79. The zero-order valence-corrected chi connectivity index (χ0v) is 14.2. The van der Waals surface area contributed by atoms with Crippen molar-refractivity contribution in [2.45, 2.75) is 58.0 Å². The highest BCUT2D eigenvalue weighted by Crippen LogP contribution is 2.32. The molecule has 1 saturated carbocycles. The van der Waals surface area contributed by atoms with Crippen molar-refractivity contribution in [1.82, 2.24) is 15.5 Å². The van der Waals surface area contributed by atoms with Crippen LogP contribution >= 0.6 is 12.4 Å². The van der Waals surface area contributed by atoms with Crippen molar-refractivity contribution in [3.63, 3.8) is 0 Å². The highest BCUT2D eigenvalue weighted by Gasteiger charge is 2.38. The molecule has 2 aliphatic heterocycles. The quantitative estimate of drug-likeness (QED) is 0.831. The molecule has 0 aromatic heterocycles. The summed E-state index contributed by atoms with van der Waals surface area (Å²) < 4.78 is 0. The topological polar surface area (TPSA) is 44.4 Å². The van der Waals surface area contributed by atoms with E-state index in [2.05, 4.69) is 29.4 Å². The molecular formula is C16H30ClN3O. The molecule has 3 aliphatic rings. The lowest BCUT2D eigenvalue weighted by Gasteiger charge is -2.38. The lowest BCUT2D eigenvalue weighted by atomic mass is 9.77. The van der Waals surface area contributed by atoms with Gasteiger partial charge in [0.05, 0.1) is 6.04 Å². The highest BCUT2D eigenvalue weighted by atomic mass is 35.5. The van der Waals surface area contributed by atoms with Crippen LogP contribution in [0.5, 0.6) is 0 Å². The summed E-state index contributed by atoms with van der Waals surface area (Å²) >= 11 is 0. The number of piperidine rings is 1. The van der Waals surface area contributed by atoms with Crippen molar-refractivity contribution in [2.75, 3.05) is 26.2 Å². The van der Waals surface area contributed by atoms with Crippen LogP contribution in [0.15, 0.2) is 0 Å². The second kappa shape index (κ2) is 6.84. The average molecular weight is 316 g/mol. The van der Waals surface area contributed by atoms with Crippen LogP contribution in [-0.2, 0) is 4.79 Å². The van der Waals surface area contributed by atoms with Gasteiger partial charge in [0, 0.05) is 19.1 Å². The maximum atomic E-state index is 12.4. The molecule has 2 unspecified atom stereocenters. The fraction of sp³-hybridized carbons (Fsp3) is 0.938. The number of carbonyl (C=O) groups excluding carboxylic acids is 1. The third kappa shape index (κ3) is 4.11. The summed E-state index contributed by atoms with van der Waals surface area (Å²) in [5, 5.41) is 6.60. The van der Waals surface area contributed by atoms with Crippen LogP contribution in [-0.4, -0.2) is 49.1 Å². The van der Waals surface area contributed by atoms with Crippen molar-refractivity contribution in [1.29, 1.82) is 0 Å². The Bertz CT molecular complexity index is 371. The lowest BCUT2D eigenvalue weighted by Crippen LogP contribution is -2.56. The molecule has 0 radical (unpaired) electrons. The van der Waals surface area contributed by atoms with Gasteiger partial charge in [-0.2, -0.15) is 0 Å². The van der Waals surface area contributed by atoms with Gasteiger partial charge >= 0.3 is 0 Å². The Morgan fingerprint density at radius 1 is 1.33 bits per heavy atom. The summed E-state index contributed by atoms with van der Waals surface area (Å²) in [5.41, 5.74) is 0.0814. The first kappa shape index (κ1) is 17.0. The minimum absolute atomic E-state index is 0. The van der Waals surface area contributed by atoms with Crippen molar-refractivity contribution in [2.24, 2.45) is 11.3 Å². The first-order valence-corrected chi connectivity index (χ1v) is 8.31. The second-order valence-corrected chi connectivity index (χ2v) is 7.61. The third-order valence-corrected chi connectivity index (χ3v) is 5.34. The Morgan fingerprint density at radius 2 is 2.10 bits per heavy atom. The molecule has 1 aliphatic carbocycles. The molecule has 0 aromatic rings. The standard InChI is InChI=1S/C16H29N3O.ClH/c1-16(2)7-3-8-17-14(16)15(20)18-10-12-6-9-19(11-12)13-4-5-13;/h12-14,17H,3-11H2,1-2H3,(H,18,20);1H. The van der Waals surface area contributed by atoms with E-state index in [9.17, 15) is 4.79 Å². The molecule has 21 heavy (non-hydrogen) atoms. The fourth-order valence-corrected chi connectivity index (χ4v) is 3.81. The maximum absolute atomic E-state index is 12.4. The number of likely N-dealkylation sites (tertiary alicyclic amines) is 1. The average Bonchev–Trinajstić information content (AvgIpc) is 3.15. The first-order chi connectivity index (χ1) is 9.56. The molecule has 2 heterocycles. The van der Waals surface area contributed by atoms with Gasteiger partial charge in [-0.3, -0.25) is 4.79 Å². The molecule has 0 spiro atoms. The van der Waals surface area contributed by atoms with E-state index >= 15 is 0 Å². The molecule has 3 rings (SSSR count). The number of carbonyl (C=O) groups is 1. The normalized spacial score (nSPS) is 32.5. The van der Waals surface area contributed by atoms with Gasteiger partial charge in [0.25, 0.3) is 0 Å². The predicted molar refractivity (Wildman–Crippen MR) is 87.8 cm³/mol.